The number of hydrogen-bond donors (Lipinski definition) is 1. The van der Waals surface area contributed by atoms with Crippen LogP contribution in [0.5, 0.6) is 0 Å². The normalized spacial score (nSPS) is 13.4. The van der Waals surface area contributed by atoms with Gasteiger partial charge in [-0.2, -0.15) is 0 Å². The van der Waals surface area contributed by atoms with E-state index in [4.69, 9.17) is 4.74 Å². The summed E-state index contributed by atoms with van der Waals surface area (Å²) in [6.45, 7) is 12.5. The van der Waals surface area contributed by atoms with E-state index >= 15 is 0 Å². The third kappa shape index (κ3) is 4.29. The minimum Gasteiger partial charge on any atom is -0.481 e. The lowest BCUT2D eigenvalue weighted by molar-refractivity contribution is -0.136. The van der Waals surface area contributed by atoms with Crippen molar-refractivity contribution in [2.45, 2.75) is 66.7 Å². The molecule has 0 bridgehead atoms. The van der Waals surface area contributed by atoms with E-state index < -0.39 is 11.6 Å². The molecule has 3 rings (SSSR count). The van der Waals surface area contributed by atoms with Crippen molar-refractivity contribution < 1.29 is 19.4 Å². The van der Waals surface area contributed by atoms with Crippen molar-refractivity contribution in [1.29, 1.82) is 0 Å². The first-order valence-corrected chi connectivity index (χ1v) is 9.88. The molecule has 0 unspecified atom stereocenters. The van der Waals surface area contributed by atoms with Crippen molar-refractivity contribution in [2.24, 2.45) is 0 Å². The van der Waals surface area contributed by atoms with Gasteiger partial charge in [0.15, 0.2) is 0 Å². The van der Waals surface area contributed by atoms with Crippen LogP contribution < -0.4 is 0 Å². The van der Waals surface area contributed by atoms with Gasteiger partial charge in [-0.15, -0.1) is 0 Å². The molecule has 0 spiro atoms. The molecule has 1 amide bonds. The molecule has 0 saturated carbocycles. The van der Waals surface area contributed by atoms with E-state index in [0.717, 1.165) is 44.5 Å². The number of rotatable bonds is 3. The lowest BCUT2D eigenvalue weighted by atomic mass is 9.84. The highest BCUT2D eigenvalue weighted by Crippen LogP contribution is 2.39. The smallest absolute Gasteiger partial charge is 0.410 e. The van der Waals surface area contributed by atoms with E-state index in [1.807, 2.05) is 65.8 Å². The summed E-state index contributed by atoms with van der Waals surface area (Å²) in [5, 5.41) is 9.53. The molecule has 1 N–H and O–H groups in total. The maximum atomic E-state index is 12.6. The molecule has 5 heteroatoms. The van der Waals surface area contributed by atoms with Gasteiger partial charge >= 0.3 is 12.1 Å². The molecule has 0 saturated heterocycles. The lowest BCUT2D eigenvalue weighted by Crippen LogP contribution is -2.33. The number of carboxylic acid groups (broad SMARTS) is 1. The molecule has 154 valence electrons. The molecular weight excluding hydrogens is 366 g/mol. The number of ether oxygens (including phenoxy) is 1. The Labute approximate surface area is 172 Å². The number of aliphatic carboxylic acids is 1. The average Bonchev–Trinajstić information content (AvgIpc) is 3.05. The van der Waals surface area contributed by atoms with Gasteiger partial charge in [0.1, 0.15) is 5.60 Å². The summed E-state index contributed by atoms with van der Waals surface area (Å²) in [5.41, 5.74) is 7.52. The minimum atomic E-state index is -0.859. The summed E-state index contributed by atoms with van der Waals surface area (Å²) < 4.78 is 5.55. The number of fused-ring (bicyclic) bond motifs is 1. The van der Waals surface area contributed by atoms with Crippen LogP contribution >= 0.6 is 0 Å². The molecule has 1 aliphatic heterocycles. The molecule has 1 heterocycles. The van der Waals surface area contributed by atoms with Crippen molar-refractivity contribution in [3.05, 3.63) is 57.6 Å². The Kier molecular flexibility index (Phi) is 5.44. The van der Waals surface area contributed by atoms with Crippen molar-refractivity contribution >= 4 is 12.1 Å². The zero-order valence-electron chi connectivity index (χ0n) is 18.0. The van der Waals surface area contributed by atoms with Crippen molar-refractivity contribution in [2.75, 3.05) is 0 Å². The predicted octanol–water partition coefficient (Wildman–Crippen LogP) is 5.16. The summed E-state index contributed by atoms with van der Waals surface area (Å²) in [7, 11) is 0. The summed E-state index contributed by atoms with van der Waals surface area (Å²) in [6, 6.07) is 8.15. The van der Waals surface area contributed by atoms with Gasteiger partial charge in [0.05, 0.1) is 6.42 Å². The van der Waals surface area contributed by atoms with Gasteiger partial charge in [-0.1, -0.05) is 29.8 Å². The first-order valence-electron chi connectivity index (χ1n) is 9.88. The van der Waals surface area contributed by atoms with E-state index in [0.29, 0.717) is 13.1 Å². The topological polar surface area (TPSA) is 66.8 Å². The van der Waals surface area contributed by atoms with Gasteiger partial charge < -0.3 is 9.84 Å². The fourth-order valence-corrected chi connectivity index (χ4v) is 4.00. The van der Waals surface area contributed by atoms with E-state index in [2.05, 4.69) is 0 Å². The number of carbonyl (C=O) groups is 2. The molecule has 29 heavy (non-hydrogen) atoms. The number of carbonyl (C=O) groups excluding carboxylic acids is 1. The number of nitrogens with zero attached hydrogens (tertiary/aromatic N) is 1. The van der Waals surface area contributed by atoms with Gasteiger partial charge in [-0.3, -0.25) is 9.69 Å². The predicted molar refractivity (Wildman–Crippen MR) is 113 cm³/mol. The Morgan fingerprint density at radius 1 is 1.00 bits per heavy atom. The Bertz CT molecular complexity index is 968. The second-order valence-corrected chi connectivity index (χ2v) is 8.83. The highest BCUT2D eigenvalue weighted by molar-refractivity contribution is 5.82. The van der Waals surface area contributed by atoms with E-state index in [9.17, 15) is 14.7 Å². The zero-order chi connectivity index (χ0) is 21.5. The van der Waals surface area contributed by atoms with Gasteiger partial charge in [0.25, 0.3) is 0 Å². The van der Waals surface area contributed by atoms with Gasteiger partial charge in [-0.25, -0.2) is 4.79 Å². The van der Waals surface area contributed by atoms with Crippen molar-refractivity contribution in [3.63, 3.8) is 0 Å². The van der Waals surface area contributed by atoms with Crippen LogP contribution in [0.3, 0.4) is 0 Å². The molecule has 0 atom stereocenters. The zero-order valence-corrected chi connectivity index (χ0v) is 18.0. The van der Waals surface area contributed by atoms with E-state index in [1.165, 1.54) is 0 Å². The van der Waals surface area contributed by atoms with E-state index in [-0.39, 0.29) is 12.5 Å². The van der Waals surface area contributed by atoms with E-state index in [1.54, 1.807) is 4.90 Å². The molecular formula is C24H29NO4. The van der Waals surface area contributed by atoms with Crippen LogP contribution in [0.1, 0.15) is 54.2 Å². The van der Waals surface area contributed by atoms with Gasteiger partial charge in [0.2, 0.25) is 0 Å². The fourth-order valence-electron chi connectivity index (χ4n) is 4.00. The number of amides is 1. The fraction of sp³-hybridized carbons (Fsp3) is 0.417. The second-order valence-electron chi connectivity index (χ2n) is 8.83. The number of aryl methyl sites for hydroxylation is 1. The Morgan fingerprint density at radius 2 is 1.55 bits per heavy atom. The SMILES string of the molecule is Cc1ccc(-c2c(C)c3c(c(C)c2CC(=O)O)CN(C(=O)OC(C)(C)C)C3)cc1. The monoisotopic (exact) mass is 395 g/mol. The second kappa shape index (κ2) is 7.54. The molecule has 0 fully saturated rings. The molecule has 5 nitrogen and oxygen atoms in total. The molecule has 2 aromatic rings. The molecule has 1 aliphatic rings. The van der Waals surface area contributed by atoms with Crippen LogP contribution in [-0.4, -0.2) is 27.7 Å². The van der Waals surface area contributed by atoms with Crippen LogP contribution in [0.15, 0.2) is 24.3 Å². The van der Waals surface area contributed by atoms with Crippen LogP contribution in [-0.2, 0) is 29.0 Å². The summed E-state index contributed by atoms with van der Waals surface area (Å²) in [5.74, 6) is -0.859. The Balaban J connectivity index is 2.10. The van der Waals surface area contributed by atoms with Gasteiger partial charge in [-0.05, 0) is 80.5 Å². The molecule has 0 aromatic heterocycles. The summed E-state index contributed by atoms with van der Waals surface area (Å²) in [4.78, 5) is 25.9. The highest BCUT2D eigenvalue weighted by Gasteiger charge is 2.32. The van der Waals surface area contributed by atoms with Gasteiger partial charge in [0, 0.05) is 13.1 Å². The van der Waals surface area contributed by atoms with Crippen LogP contribution in [0.2, 0.25) is 0 Å². The lowest BCUT2D eigenvalue weighted by Gasteiger charge is -2.24. The summed E-state index contributed by atoms with van der Waals surface area (Å²) in [6.07, 6.45) is -0.389. The highest BCUT2D eigenvalue weighted by atomic mass is 16.6. The summed E-state index contributed by atoms with van der Waals surface area (Å²) >= 11 is 0. The minimum absolute atomic E-state index is 0.0460. The van der Waals surface area contributed by atoms with Crippen molar-refractivity contribution in [1.82, 2.24) is 4.90 Å². The third-order valence-electron chi connectivity index (χ3n) is 5.42. The third-order valence-corrected chi connectivity index (χ3v) is 5.42. The maximum absolute atomic E-state index is 12.6. The first-order chi connectivity index (χ1) is 13.5. The molecule has 2 aromatic carbocycles. The number of benzene rings is 2. The van der Waals surface area contributed by atoms with Crippen LogP contribution in [0.25, 0.3) is 11.1 Å². The Hall–Kier alpha value is -2.82. The quantitative estimate of drug-likeness (QED) is 0.780. The van der Waals surface area contributed by atoms with Crippen LogP contribution in [0.4, 0.5) is 4.79 Å². The standard InChI is InChI=1S/C24H29NO4/c1-14-7-9-17(10-8-14)22-16(3)20-13-25(23(28)29-24(4,5)6)12-19(20)15(2)18(22)11-21(26)27/h7-10H,11-13H2,1-6H3,(H,26,27). The first kappa shape index (κ1) is 20.9. The number of hydrogen-bond acceptors (Lipinski definition) is 3. The van der Waals surface area contributed by atoms with Crippen LogP contribution in [0, 0.1) is 20.8 Å². The largest absolute Gasteiger partial charge is 0.481 e. The Morgan fingerprint density at radius 3 is 2.07 bits per heavy atom. The number of carboxylic acids is 1. The average molecular weight is 395 g/mol. The molecule has 0 aliphatic carbocycles. The van der Waals surface area contributed by atoms with Crippen molar-refractivity contribution in [3.8, 4) is 11.1 Å². The maximum Gasteiger partial charge on any atom is 0.410 e. The molecule has 0 radical (unpaired) electrons.